The van der Waals surface area contributed by atoms with Gasteiger partial charge in [-0.3, -0.25) is 10.1 Å². The fourth-order valence-corrected chi connectivity index (χ4v) is 1.96. The van der Waals surface area contributed by atoms with Crippen molar-refractivity contribution in [2.45, 2.75) is 19.8 Å². The molecule has 2 rings (SSSR count). The Morgan fingerprint density at radius 3 is 2.88 bits per heavy atom. The van der Waals surface area contributed by atoms with Gasteiger partial charge < -0.3 is 0 Å². The van der Waals surface area contributed by atoms with E-state index in [4.69, 9.17) is 11.6 Å². The Hall–Kier alpha value is -1.35. The zero-order valence-corrected chi connectivity index (χ0v) is 9.96. The summed E-state index contributed by atoms with van der Waals surface area (Å²) in [5, 5.41) is 7.39. The zero-order chi connectivity index (χ0) is 11.4. The first-order chi connectivity index (χ1) is 7.86. The molecule has 0 aliphatic rings. The highest BCUT2D eigenvalue weighted by atomic mass is 35.5. The third-order valence-corrected chi connectivity index (χ3v) is 2.75. The highest BCUT2D eigenvalue weighted by Gasteiger charge is 2.13. The van der Waals surface area contributed by atoms with E-state index in [9.17, 15) is 0 Å². The first-order valence-corrected chi connectivity index (χ1v) is 5.93. The summed E-state index contributed by atoms with van der Waals surface area (Å²) in [6.07, 6.45) is 3.54. The summed E-state index contributed by atoms with van der Waals surface area (Å²) in [5.41, 5.74) is 4.18. The second-order valence-corrected chi connectivity index (χ2v) is 3.91. The molecule has 0 aromatic carbocycles. The number of H-pyrrole nitrogens is 1. The fourth-order valence-electron chi connectivity index (χ4n) is 1.77. The summed E-state index contributed by atoms with van der Waals surface area (Å²) in [6, 6.07) is 5.83. The summed E-state index contributed by atoms with van der Waals surface area (Å²) in [6.45, 7) is 2.10. The van der Waals surface area contributed by atoms with Crippen LogP contribution < -0.4 is 0 Å². The van der Waals surface area contributed by atoms with E-state index in [2.05, 4.69) is 22.1 Å². The van der Waals surface area contributed by atoms with Gasteiger partial charge in [0.15, 0.2) is 0 Å². The molecule has 0 atom stereocenters. The Labute approximate surface area is 99.9 Å². The topological polar surface area (TPSA) is 41.6 Å². The molecular weight excluding hydrogens is 222 g/mol. The molecule has 3 nitrogen and oxygen atoms in total. The first kappa shape index (κ1) is 11.1. The van der Waals surface area contributed by atoms with Crippen LogP contribution in [-0.4, -0.2) is 21.1 Å². The van der Waals surface area contributed by atoms with Crippen LogP contribution in [0.3, 0.4) is 0 Å². The minimum atomic E-state index is 0.604. The lowest BCUT2D eigenvalue weighted by Crippen LogP contribution is -1.94. The van der Waals surface area contributed by atoms with E-state index in [0.717, 1.165) is 29.9 Å². The van der Waals surface area contributed by atoms with Crippen LogP contribution in [0.25, 0.3) is 11.4 Å². The number of alkyl halides is 1. The van der Waals surface area contributed by atoms with Crippen LogP contribution in [0, 0.1) is 0 Å². The molecule has 84 valence electrons. The SMILES string of the molecule is CCc1[nH]nc(-c2ccccn2)c1CCCl. The van der Waals surface area contributed by atoms with Crippen LogP contribution in [0.4, 0.5) is 0 Å². The second-order valence-electron chi connectivity index (χ2n) is 3.54. The molecule has 0 unspecified atom stereocenters. The normalized spacial score (nSPS) is 10.6. The Kier molecular flexibility index (Phi) is 3.57. The van der Waals surface area contributed by atoms with Gasteiger partial charge in [0.2, 0.25) is 0 Å². The number of hydrogen-bond acceptors (Lipinski definition) is 2. The monoisotopic (exact) mass is 235 g/mol. The second kappa shape index (κ2) is 5.12. The van der Waals surface area contributed by atoms with Gasteiger partial charge in [-0.1, -0.05) is 13.0 Å². The quantitative estimate of drug-likeness (QED) is 0.828. The van der Waals surface area contributed by atoms with Crippen molar-refractivity contribution in [3.05, 3.63) is 35.7 Å². The van der Waals surface area contributed by atoms with Crippen LogP contribution in [0.15, 0.2) is 24.4 Å². The van der Waals surface area contributed by atoms with E-state index in [1.807, 2.05) is 18.2 Å². The average molecular weight is 236 g/mol. The molecule has 0 saturated carbocycles. The summed E-state index contributed by atoms with van der Waals surface area (Å²) < 4.78 is 0. The van der Waals surface area contributed by atoms with Gasteiger partial charge in [0.25, 0.3) is 0 Å². The van der Waals surface area contributed by atoms with E-state index >= 15 is 0 Å². The first-order valence-electron chi connectivity index (χ1n) is 5.40. The number of aryl methyl sites for hydroxylation is 1. The van der Waals surface area contributed by atoms with Crippen molar-refractivity contribution < 1.29 is 0 Å². The predicted molar refractivity (Wildman–Crippen MR) is 65.6 cm³/mol. The average Bonchev–Trinajstić information content (AvgIpc) is 2.74. The van der Waals surface area contributed by atoms with E-state index in [1.165, 1.54) is 5.56 Å². The molecule has 0 bridgehead atoms. The highest BCUT2D eigenvalue weighted by Crippen LogP contribution is 2.22. The molecule has 0 spiro atoms. The van der Waals surface area contributed by atoms with Gasteiger partial charge in [0.05, 0.1) is 5.69 Å². The molecule has 0 radical (unpaired) electrons. The van der Waals surface area contributed by atoms with E-state index in [-0.39, 0.29) is 0 Å². The van der Waals surface area contributed by atoms with E-state index in [1.54, 1.807) is 6.20 Å². The Morgan fingerprint density at radius 1 is 1.38 bits per heavy atom. The highest BCUT2D eigenvalue weighted by molar-refractivity contribution is 6.18. The van der Waals surface area contributed by atoms with Crippen molar-refractivity contribution in [3.63, 3.8) is 0 Å². The fraction of sp³-hybridized carbons (Fsp3) is 0.333. The standard InChI is InChI=1S/C12H14ClN3/c1-2-10-9(6-7-13)12(16-15-10)11-5-3-4-8-14-11/h3-5,8H,2,6-7H2,1H3,(H,15,16). The maximum absolute atomic E-state index is 5.82. The largest absolute Gasteiger partial charge is 0.282 e. The predicted octanol–water partition coefficient (Wildman–Crippen LogP) is 2.82. The number of nitrogens with one attached hydrogen (secondary N) is 1. The van der Waals surface area contributed by atoms with Crippen LogP contribution in [-0.2, 0) is 12.8 Å². The van der Waals surface area contributed by atoms with Gasteiger partial charge in [-0.2, -0.15) is 5.10 Å². The molecule has 0 fully saturated rings. The number of halogens is 1. The molecule has 2 aromatic rings. The lowest BCUT2D eigenvalue weighted by molar-refractivity contribution is 0.957. The summed E-state index contributed by atoms with van der Waals surface area (Å²) in [4.78, 5) is 4.31. The third-order valence-electron chi connectivity index (χ3n) is 2.56. The molecule has 4 heteroatoms. The van der Waals surface area contributed by atoms with Crippen molar-refractivity contribution in [1.29, 1.82) is 0 Å². The molecule has 0 saturated heterocycles. The van der Waals surface area contributed by atoms with Gasteiger partial charge in [-0.15, -0.1) is 11.6 Å². The molecule has 0 amide bonds. The number of hydrogen-bond donors (Lipinski definition) is 1. The molecule has 0 aliphatic heterocycles. The van der Waals surface area contributed by atoms with Crippen molar-refractivity contribution in [1.82, 2.24) is 15.2 Å². The maximum Gasteiger partial charge on any atom is 0.114 e. The van der Waals surface area contributed by atoms with Crippen LogP contribution >= 0.6 is 11.6 Å². The Morgan fingerprint density at radius 2 is 2.25 bits per heavy atom. The number of nitrogens with zero attached hydrogens (tertiary/aromatic N) is 2. The van der Waals surface area contributed by atoms with Gasteiger partial charge in [0.1, 0.15) is 5.69 Å². The lowest BCUT2D eigenvalue weighted by Gasteiger charge is -2.01. The van der Waals surface area contributed by atoms with Gasteiger partial charge in [-0.25, -0.2) is 0 Å². The van der Waals surface area contributed by atoms with Crippen LogP contribution in [0.1, 0.15) is 18.2 Å². The smallest absolute Gasteiger partial charge is 0.114 e. The van der Waals surface area contributed by atoms with Crippen LogP contribution in [0.5, 0.6) is 0 Å². The maximum atomic E-state index is 5.82. The van der Waals surface area contributed by atoms with E-state index in [0.29, 0.717) is 5.88 Å². The summed E-state index contributed by atoms with van der Waals surface area (Å²) >= 11 is 5.82. The minimum Gasteiger partial charge on any atom is -0.282 e. The summed E-state index contributed by atoms with van der Waals surface area (Å²) in [7, 11) is 0. The minimum absolute atomic E-state index is 0.604. The van der Waals surface area contributed by atoms with Crippen molar-refractivity contribution in [3.8, 4) is 11.4 Å². The van der Waals surface area contributed by atoms with Gasteiger partial charge in [0, 0.05) is 23.3 Å². The number of rotatable bonds is 4. The number of aromatic amines is 1. The lowest BCUT2D eigenvalue weighted by atomic mass is 10.1. The molecule has 16 heavy (non-hydrogen) atoms. The number of aromatic nitrogens is 3. The van der Waals surface area contributed by atoms with E-state index < -0.39 is 0 Å². The third kappa shape index (κ3) is 2.09. The zero-order valence-electron chi connectivity index (χ0n) is 9.20. The van der Waals surface area contributed by atoms with Crippen molar-refractivity contribution in [2.75, 3.05) is 5.88 Å². The van der Waals surface area contributed by atoms with Crippen molar-refractivity contribution in [2.24, 2.45) is 0 Å². The number of pyridine rings is 1. The molecule has 1 N–H and O–H groups in total. The van der Waals surface area contributed by atoms with Gasteiger partial charge >= 0.3 is 0 Å². The summed E-state index contributed by atoms with van der Waals surface area (Å²) in [5.74, 6) is 0.604. The Bertz CT molecular complexity index is 451. The Balaban J connectivity index is 2.44. The van der Waals surface area contributed by atoms with Crippen LogP contribution in [0.2, 0.25) is 0 Å². The molecular formula is C12H14ClN3. The molecule has 2 heterocycles. The van der Waals surface area contributed by atoms with Gasteiger partial charge in [-0.05, 0) is 25.0 Å². The van der Waals surface area contributed by atoms with Crippen molar-refractivity contribution >= 4 is 11.6 Å². The molecule has 2 aromatic heterocycles. The molecule has 0 aliphatic carbocycles.